The molecule has 1 heterocycles. The lowest BCUT2D eigenvalue weighted by molar-refractivity contribution is -0.138. The van der Waals surface area contributed by atoms with E-state index in [1.54, 1.807) is 12.1 Å². The molecule has 3 N–H and O–H groups in total. The van der Waals surface area contributed by atoms with E-state index >= 15 is 4.39 Å². The molecule has 0 bridgehead atoms. The van der Waals surface area contributed by atoms with Gasteiger partial charge in [0.2, 0.25) is 0 Å². The van der Waals surface area contributed by atoms with E-state index in [0.717, 1.165) is 0 Å². The zero-order valence-electron chi connectivity index (χ0n) is 24.5. The first-order valence-corrected chi connectivity index (χ1v) is 13.5. The van der Waals surface area contributed by atoms with Gasteiger partial charge in [-0.25, -0.2) is 4.39 Å². The van der Waals surface area contributed by atoms with Gasteiger partial charge in [0, 0.05) is 30.5 Å². The summed E-state index contributed by atoms with van der Waals surface area (Å²) in [4.78, 5) is 37.0. The lowest BCUT2D eigenvalue weighted by Crippen LogP contribution is -2.30. The molecule has 2 aromatic rings. The van der Waals surface area contributed by atoms with Crippen molar-refractivity contribution in [1.29, 1.82) is 5.41 Å². The number of ketones is 1. The standard InChI is InChI=1S/C30H37FN2O9/c1-30(2,3)19-12-17(13-22(41-10-6-8-23(35)36)27(19)42-11-7-9-24(37)38)20(34)16-33-15-18-14-21(39-4)28(40-5)26(31)25(18)29(33)32/h12-14,32H,6-11,15-16H2,1-5H3,(H,35,36)(H,37,38). The summed E-state index contributed by atoms with van der Waals surface area (Å²) in [6.07, 6.45) is 0.280. The van der Waals surface area contributed by atoms with Crippen molar-refractivity contribution >= 4 is 23.6 Å². The van der Waals surface area contributed by atoms with Crippen LogP contribution in [0.5, 0.6) is 23.0 Å². The molecule has 3 rings (SSSR count). The Morgan fingerprint density at radius 1 is 0.929 bits per heavy atom. The number of rotatable bonds is 15. The van der Waals surface area contributed by atoms with E-state index < -0.39 is 23.2 Å². The maximum atomic E-state index is 15.2. The average molecular weight is 589 g/mol. The molecule has 0 atom stereocenters. The first-order chi connectivity index (χ1) is 19.8. The number of carbonyl (C=O) groups excluding carboxylic acids is 1. The minimum absolute atomic E-state index is 0.0448. The summed E-state index contributed by atoms with van der Waals surface area (Å²) in [6.45, 7) is 5.80. The van der Waals surface area contributed by atoms with E-state index in [9.17, 15) is 14.4 Å². The Balaban J connectivity index is 1.93. The molecule has 11 nitrogen and oxygen atoms in total. The van der Waals surface area contributed by atoms with Gasteiger partial charge in [-0.15, -0.1) is 0 Å². The molecule has 0 radical (unpaired) electrons. The third-order valence-corrected chi connectivity index (χ3v) is 6.70. The van der Waals surface area contributed by atoms with Crippen LogP contribution in [0, 0.1) is 11.2 Å². The maximum absolute atomic E-state index is 15.2. The van der Waals surface area contributed by atoms with Crippen LogP contribution in [0.15, 0.2) is 18.2 Å². The Bertz CT molecular complexity index is 1370. The second-order valence-corrected chi connectivity index (χ2v) is 10.9. The molecule has 0 unspecified atom stereocenters. The Morgan fingerprint density at radius 2 is 1.55 bits per heavy atom. The summed E-state index contributed by atoms with van der Waals surface area (Å²) < 4.78 is 37.4. The molecule has 0 spiro atoms. The third-order valence-electron chi connectivity index (χ3n) is 6.70. The smallest absolute Gasteiger partial charge is 0.303 e. The Kier molecular flexibility index (Phi) is 10.4. The highest BCUT2D eigenvalue weighted by Crippen LogP contribution is 2.41. The van der Waals surface area contributed by atoms with Crippen molar-refractivity contribution in [2.45, 2.75) is 58.4 Å². The number of ether oxygens (including phenoxy) is 4. The molecule has 0 saturated carbocycles. The van der Waals surface area contributed by atoms with Gasteiger partial charge < -0.3 is 34.1 Å². The summed E-state index contributed by atoms with van der Waals surface area (Å²) in [6, 6.07) is 4.77. The number of aliphatic carboxylic acids is 2. The summed E-state index contributed by atoms with van der Waals surface area (Å²) >= 11 is 0. The van der Waals surface area contributed by atoms with Gasteiger partial charge in [0.05, 0.1) is 39.5 Å². The second kappa shape index (κ2) is 13.5. The number of carbonyl (C=O) groups is 3. The SMILES string of the molecule is COc1cc2c(c(F)c1OC)C(=N)N(CC(=O)c1cc(OCCCC(=O)O)c(OCCCC(=O)O)c(C(C)(C)C)c1)C2. The van der Waals surface area contributed by atoms with Crippen molar-refractivity contribution in [3.05, 3.63) is 46.3 Å². The van der Waals surface area contributed by atoms with E-state index in [1.807, 2.05) is 20.8 Å². The van der Waals surface area contributed by atoms with E-state index in [0.29, 0.717) is 16.9 Å². The second-order valence-electron chi connectivity index (χ2n) is 10.9. The van der Waals surface area contributed by atoms with Crippen LogP contribution in [0.25, 0.3) is 0 Å². The number of benzene rings is 2. The fourth-order valence-electron chi connectivity index (χ4n) is 4.60. The van der Waals surface area contributed by atoms with Crippen molar-refractivity contribution in [2.24, 2.45) is 0 Å². The molecule has 0 amide bonds. The van der Waals surface area contributed by atoms with E-state index in [2.05, 4.69) is 0 Å². The molecular weight excluding hydrogens is 551 g/mol. The predicted octanol–water partition coefficient (Wildman–Crippen LogP) is 4.65. The number of carboxylic acids is 2. The molecular formula is C30H37FN2O9. The fourth-order valence-corrected chi connectivity index (χ4v) is 4.60. The molecule has 12 heteroatoms. The summed E-state index contributed by atoms with van der Waals surface area (Å²) in [7, 11) is 2.69. The highest BCUT2D eigenvalue weighted by atomic mass is 19.1. The van der Waals surface area contributed by atoms with E-state index in [1.165, 1.54) is 25.2 Å². The van der Waals surface area contributed by atoms with Gasteiger partial charge in [-0.3, -0.25) is 19.8 Å². The molecule has 0 saturated heterocycles. The number of hydrogen-bond donors (Lipinski definition) is 3. The third kappa shape index (κ3) is 7.48. The molecule has 1 aliphatic heterocycles. The zero-order valence-corrected chi connectivity index (χ0v) is 24.5. The van der Waals surface area contributed by atoms with E-state index in [-0.39, 0.29) is 92.0 Å². The maximum Gasteiger partial charge on any atom is 0.303 e. The van der Waals surface area contributed by atoms with Crippen molar-refractivity contribution < 1.29 is 47.9 Å². The first kappa shape index (κ1) is 32.2. The van der Waals surface area contributed by atoms with Gasteiger partial charge >= 0.3 is 11.9 Å². The first-order valence-electron chi connectivity index (χ1n) is 13.5. The topological polar surface area (TPSA) is 156 Å². The number of Topliss-reactive ketones (excluding diaryl/α,β-unsaturated/α-hetero) is 1. The minimum Gasteiger partial charge on any atom is -0.493 e. The zero-order chi connectivity index (χ0) is 31.2. The van der Waals surface area contributed by atoms with Crippen molar-refractivity contribution in [1.82, 2.24) is 4.90 Å². The number of methoxy groups -OCH3 is 2. The van der Waals surface area contributed by atoms with Crippen LogP contribution in [0.1, 0.15) is 73.5 Å². The average Bonchev–Trinajstić information content (AvgIpc) is 3.22. The van der Waals surface area contributed by atoms with E-state index in [4.69, 9.17) is 34.6 Å². The fraction of sp³-hybridized carbons (Fsp3) is 0.467. The number of hydrogen-bond acceptors (Lipinski definition) is 8. The Morgan fingerprint density at radius 3 is 2.10 bits per heavy atom. The van der Waals surface area contributed by atoms with Gasteiger partial charge in [0.15, 0.2) is 34.6 Å². The predicted molar refractivity (Wildman–Crippen MR) is 151 cm³/mol. The van der Waals surface area contributed by atoms with Crippen LogP contribution in [0.2, 0.25) is 0 Å². The van der Waals surface area contributed by atoms with Crippen LogP contribution in [0.4, 0.5) is 4.39 Å². The number of carboxylic acid groups (broad SMARTS) is 2. The molecule has 1 aliphatic rings. The van der Waals surface area contributed by atoms with Crippen LogP contribution >= 0.6 is 0 Å². The summed E-state index contributed by atoms with van der Waals surface area (Å²) in [5.74, 6) is -2.52. The van der Waals surface area contributed by atoms with Gasteiger partial charge in [-0.2, -0.15) is 0 Å². The highest BCUT2D eigenvalue weighted by molar-refractivity contribution is 6.06. The van der Waals surface area contributed by atoms with Crippen LogP contribution < -0.4 is 18.9 Å². The highest BCUT2D eigenvalue weighted by Gasteiger charge is 2.33. The normalized spacial score (nSPS) is 12.6. The van der Waals surface area contributed by atoms with Crippen LogP contribution in [-0.2, 0) is 21.5 Å². The minimum atomic E-state index is -0.969. The molecule has 228 valence electrons. The van der Waals surface area contributed by atoms with Gasteiger partial charge in [-0.1, -0.05) is 20.8 Å². The number of amidine groups is 1. The molecule has 42 heavy (non-hydrogen) atoms. The van der Waals surface area contributed by atoms with Crippen LogP contribution in [0.3, 0.4) is 0 Å². The quantitative estimate of drug-likeness (QED) is 0.198. The van der Waals surface area contributed by atoms with Crippen molar-refractivity contribution in [2.75, 3.05) is 34.0 Å². The monoisotopic (exact) mass is 588 g/mol. The number of nitrogens with one attached hydrogen (secondary N) is 1. The lowest BCUT2D eigenvalue weighted by Gasteiger charge is -2.26. The van der Waals surface area contributed by atoms with Gasteiger partial charge in [-0.05, 0) is 42.0 Å². The molecule has 0 aliphatic carbocycles. The number of nitrogens with zero attached hydrogens (tertiary/aromatic N) is 1. The lowest BCUT2D eigenvalue weighted by atomic mass is 9.84. The Hall–Kier alpha value is -4.35. The van der Waals surface area contributed by atoms with Crippen molar-refractivity contribution in [3.8, 4) is 23.0 Å². The molecule has 0 fully saturated rings. The Labute approximate surface area is 243 Å². The van der Waals surface area contributed by atoms with Crippen LogP contribution in [-0.4, -0.2) is 72.6 Å². The number of halogens is 1. The van der Waals surface area contributed by atoms with Gasteiger partial charge in [0.25, 0.3) is 0 Å². The van der Waals surface area contributed by atoms with Crippen molar-refractivity contribution in [3.63, 3.8) is 0 Å². The molecule has 2 aromatic carbocycles. The molecule has 0 aromatic heterocycles. The number of fused-ring (bicyclic) bond motifs is 1. The van der Waals surface area contributed by atoms with Gasteiger partial charge in [0.1, 0.15) is 5.84 Å². The summed E-state index contributed by atoms with van der Waals surface area (Å²) in [5.41, 5.74) is 0.918. The summed E-state index contributed by atoms with van der Waals surface area (Å²) in [5, 5.41) is 26.5. The largest absolute Gasteiger partial charge is 0.493 e.